The van der Waals surface area contributed by atoms with Crippen LogP contribution in [-0.4, -0.2) is 49.8 Å². The highest BCUT2D eigenvalue weighted by Gasteiger charge is 2.32. The highest BCUT2D eigenvalue weighted by molar-refractivity contribution is 7.89. The predicted octanol–water partition coefficient (Wildman–Crippen LogP) is 3.72. The van der Waals surface area contributed by atoms with Crippen LogP contribution in [0.3, 0.4) is 0 Å². The molecule has 0 amide bonds. The van der Waals surface area contributed by atoms with Crippen molar-refractivity contribution in [3.8, 4) is 0 Å². The van der Waals surface area contributed by atoms with Gasteiger partial charge in [0.15, 0.2) is 0 Å². The van der Waals surface area contributed by atoms with Crippen LogP contribution in [-0.2, 0) is 10.0 Å². The Morgan fingerprint density at radius 1 is 0.923 bits per heavy atom. The highest BCUT2D eigenvalue weighted by atomic mass is 32.2. The van der Waals surface area contributed by atoms with Crippen molar-refractivity contribution in [3.05, 3.63) is 42.5 Å². The third-order valence-corrected chi connectivity index (χ3v) is 7.95. The molecule has 0 unspecified atom stereocenters. The molecule has 1 aliphatic carbocycles. The van der Waals surface area contributed by atoms with E-state index in [0.29, 0.717) is 24.0 Å². The van der Waals surface area contributed by atoms with Gasteiger partial charge < -0.3 is 0 Å². The normalized spacial score (nSPS) is 26.2. The molecule has 0 aromatic heterocycles. The smallest absolute Gasteiger partial charge is 0.243 e. The average molecular weight is 373 g/mol. The van der Waals surface area contributed by atoms with E-state index in [2.05, 4.69) is 11.8 Å². The van der Waals surface area contributed by atoms with Crippen LogP contribution in [0.4, 0.5) is 0 Å². The number of piperazine rings is 1. The van der Waals surface area contributed by atoms with Gasteiger partial charge >= 0.3 is 0 Å². The number of fused-ring (bicyclic) bond motifs is 1. The van der Waals surface area contributed by atoms with Crippen molar-refractivity contribution >= 4 is 20.8 Å². The summed E-state index contributed by atoms with van der Waals surface area (Å²) in [7, 11) is -3.41. The van der Waals surface area contributed by atoms with E-state index in [0.717, 1.165) is 29.8 Å². The van der Waals surface area contributed by atoms with Crippen molar-refractivity contribution < 1.29 is 8.42 Å². The van der Waals surface area contributed by atoms with Crippen LogP contribution in [0.1, 0.15) is 32.6 Å². The van der Waals surface area contributed by atoms with Gasteiger partial charge in [0.2, 0.25) is 10.0 Å². The molecule has 2 atom stereocenters. The van der Waals surface area contributed by atoms with Crippen molar-refractivity contribution in [1.82, 2.24) is 9.21 Å². The fourth-order valence-electron chi connectivity index (χ4n) is 4.52. The first-order chi connectivity index (χ1) is 12.5. The molecule has 1 heterocycles. The zero-order valence-electron chi connectivity index (χ0n) is 15.5. The van der Waals surface area contributed by atoms with E-state index >= 15 is 0 Å². The Kier molecular flexibility index (Phi) is 5.04. The van der Waals surface area contributed by atoms with Gasteiger partial charge in [-0.2, -0.15) is 4.31 Å². The first-order valence-corrected chi connectivity index (χ1v) is 11.2. The van der Waals surface area contributed by atoms with Crippen LogP contribution < -0.4 is 0 Å². The minimum absolute atomic E-state index is 0.413. The minimum atomic E-state index is -3.41. The summed E-state index contributed by atoms with van der Waals surface area (Å²) < 4.78 is 27.8. The van der Waals surface area contributed by atoms with Crippen LogP contribution in [0.2, 0.25) is 0 Å². The third-order valence-electron chi connectivity index (χ3n) is 6.06. The van der Waals surface area contributed by atoms with Gasteiger partial charge in [0.25, 0.3) is 0 Å². The van der Waals surface area contributed by atoms with Crippen molar-refractivity contribution in [2.24, 2.45) is 5.92 Å². The summed E-state index contributed by atoms with van der Waals surface area (Å²) in [5.41, 5.74) is 0. The van der Waals surface area contributed by atoms with E-state index in [1.807, 2.05) is 30.3 Å². The standard InChI is InChI=1S/C21H28N2O2S/c1-17-5-4-8-20(15-17)22-11-13-23(14-12-22)26(24,25)21-10-9-18-6-2-3-7-19(18)16-21/h2-3,6-7,9-10,16-17,20H,4-5,8,11-15H2,1H3/t17-,20-/m1/s1. The van der Waals surface area contributed by atoms with Crippen molar-refractivity contribution in [1.29, 1.82) is 0 Å². The lowest BCUT2D eigenvalue weighted by atomic mass is 9.86. The molecule has 5 heteroatoms. The lowest BCUT2D eigenvalue weighted by molar-refractivity contribution is 0.0967. The van der Waals surface area contributed by atoms with Gasteiger partial charge in [-0.1, -0.05) is 50.1 Å². The first kappa shape index (κ1) is 18.0. The van der Waals surface area contributed by atoms with E-state index in [4.69, 9.17) is 0 Å². The number of nitrogens with zero attached hydrogens (tertiary/aromatic N) is 2. The monoisotopic (exact) mass is 372 g/mol. The summed E-state index contributed by atoms with van der Waals surface area (Å²) in [5.74, 6) is 0.799. The Balaban J connectivity index is 1.47. The largest absolute Gasteiger partial charge is 0.298 e. The fraction of sp³-hybridized carbons (Fsp3) is 0.524. The summed E-state index contributed by atoms with van der Waals surface area (Å²) in [6, 6.07) is 14.0. The fourth-order valence-corrected chi connectivity index (χ4v) is 5.98. The average Bonchev–Trinajstić information content (AvgIpc) is 2.67. The summed E-state index contributed by atoms with van der Waals surface area (Å²) in [5, 5.41) is 2.05. The Morgan fingerprint density at radius 3 is 2.38 bits per heavy atom. The zero-order valence-corrected chi connectivity index (χ0v) is 16.3. The van der Waals surface area contributed by atoms with Gasteiger partial charge in [0.1, 0.15) is 0 Å². The molecule has 0 radical (unpaired) electrons. The van der Waals surface area contributed by atoms with E-state index in [9.17, 15) is 8.42 Å². The molecule has 2 aromatic rings. The number of hydrogen-bond acceptors (Lipinski definition) is 3. The van der Waals surface area contributed by atoms with Crippen molar-refractivity contribution in [2.75, 3.05) is 26.2 Å². The highest BCUT2D eigenvalue weighted by Crippen LogP contribution is 2.29. The second-order valence-corrected chi connectivity index (χ2v) is 9.81. The Labute approximate surface area is 156 Å². The molecule has 1 aliphatic heterocycles. The summed E-state index contributed by atoms with van der Waals surface area (Å²) >= 11 is 0. The molecule has 4 nitrogen and oxygen atoms in total. The molecule has 2 fully saturated rings. The number of rotatable bonds is 3. The lowest BCUT2D eigenvalue weighted by Crippen LogP contribution is -2.52. The maximum absolute atomic E-state index is 13.1. The molecule has 2 aliphatic rings. The van der Waals surface area contributed by atoms with Crippen molar-refractivity contribution in [2.45, 2.75) is 43.5 Å². The molecular formula is C21H28N2O2S. The molecule has 0 bridgehead atoms. The van der Waals surface area contributed by atoms with E-state index in [1.165, 1.54) is 25.7 Å². The quantitative estimate of drug-likeness (QED) is 0.824. The Morgan fingerprint density at radius 2 is 1.65 bits per heavy atom. The van der Waals surface area contributed by atoms with E-state index in [-0.39, 0.29) is 0 Å². The van der Waals surface area contributed by atoms with Gasteiger partial charge in [-0.3, -0.25) is 4.90 Å². The molecule has 26 heavy (non-hydrogen) atoms. The van der Waals surface area contributed by atoms with Crippen LogP contribution in [0.25, 0.3) is 10.8 Å². The van der Waals surface area contributed by atoms with Gasteiger partial charge in [-0.05, 0) is 41.7 Å². The second-order valence-electron chi connectivity index (χ2n) is 7.87. The molecular weight excluding hydrogens is 344 g/mol. The van der Waals surface area contributed by atoms with Gasteiger partial charge in [-0.15, -0.1) is 0 Å². The molecule has 0 spiro atoms. The molecule has 0 N–H and O–H groups in total. The SMILES string of the molecule is C[C@@H]1CCC[C@@H](N2CCN(S(=O)(=O)c3ccc4ccccc4c3)CC2)C1. The zero-order chi connectivity index (χ0) is 18.1. The summed E-state index contributed by atoms with van der Waals surface area (Å²) in [6.45, 7) is 5.24. The molecule has 4 rings (SSSR count). The van der Waals surface area contributed by atoms with Crippen molar-refractivity contribution in [3.63, 3.8) is 0 Å². The molecule has 2 aromatic carbocycles. The third kappa shape index (κ3) is 3.53. The first-order valence-electron chi connectivity index (χ1n) is 9.77. The number of sulfonamides is 1. The van der Waals surface area contributed by atoms with Crippen LogP contribution >= 0.6 is 0 Å². The Bertz CT molecular complexity index is 872. The molecule has 140 valence electrons. The number of hydrogen-bond donors (Lipinski definition) is 0. The molecule has 1 saturated carbocycles. The van der Waals surface area contributed by atoms with Crippen LogP contribution in [0.15, 0.2) is 47.4 Å². The predicted molar refractivity (Wildman–Crippen MR) is 106 cm³/mol. The second kappa shape index (κ2) is 7.29. The number of benzene rings is 2. The van der Waals surface area contributed by atoms with E-state index < -0.39 is 10.0 Å². The maximum Gasteiger partial charge on any atom is 0.243 e. The summed E-state index contributed by atoms with van der Waals surface area (Å²) in [4.78, 5) is 2.93. The van der Waals surface area contributed by atoms with Gasteiger partial charge in [0, 0.05) is 32.2 Å². The van der Waals surface area contributed by atoms with Crippen LogP contribution in [0.5, 0.6) is 0 Å². The minimum Gasteiger partial charge on any atom is -0.298 e. The maximum atomic E-state index is 13.1. The Hall–Kier alpha value is -1.43. The van der Waals surface area contributed by atoms with Gasteiger partial charge in [-0.25, -0.2) is 8.42 Å². The topological polar surface area (TPSA) is 40.6 Å². The van der Waals surface area contributed by atoms with Crippen LogP contribution in [0, 0.1) is 5.92 Å². The van der Waals surface area contributed by atoms with E-state index in [1.54, 1.807) is 16.4 Å². The van der Waals surface area contributed by atoms with Gasteiger partial charge in [0.05, 0.1) is 4.90 Å². The summed E-state index contributed by atoms with van der Waals surface area (Å²) in [6.07, 6.45) is 5.17. The molecule has 1 saturated heterocycles. The lowest BCUT2D eigenvalue weighted by Gasteiger charge is -2.41.